The van der Waals surface area contributed by atoms with Crippen LogP contribution in [0.3, 0.4) is 0 Å². The second kappa shape index (κ2) is 7.17. The van der Waals surface area contributed by atoms with E-state index in [1.165, 1.54) is 7.11 Å². The van der Waals surface area contributed by atoms with E-state index < -0.39 is 10.8 Å². The zero-order valence-electron chi connectivity index (χ0n) is 14.4. The number of nitrogens with zero attached hydrogens (tertiary/aromatic N) is 2. The second-order valence-corrected chi connectivity index (χ2v) is 7.94. The largest absolute Gasteiger partial charge is 0.496 e. The molecule has 1 aliphatic heterocycles. The molecular formula is C19H16ClN3O3S. The van der Waals surface area contributed by atoms with Gasteiger partial charge < -0.3 is 10.1 Å². The van der Waals surface area contributed by atoms with Crippen LogP contribution in [-0.2, 0) is 22.3 Å². The van der Waals surface area contributed by atoms with Gasteiger partial charge in [-0.05, 0) is 30.3 Å². The van der Waals surface area contributed by atoms with Crippen LogP contribution in [0, 0.1) is 0 Å². The molecule has 0 radical (unpaired) electrons. The van der Waals surface area contributed by atoms with Gasteiger partial charge in [0.25, 0.3) is 5.91 Å². The lowest BCUT2D eigenvalue weighted by molar-refractivity contribution is 0.102. The molecule has 3 aromatic rings. The first kappa shape index (κ1) is 17.8. The summed E-state index contributed by atoms with van der Waals surface area (Å²) >= 11 is 6.11. The first-order chi connectivity index (χ1) is 13.1. The van der Waals surface area contributed by atoms with Crippen LogP contribution in [0.2, 0.25) is 5.02 Å². The Bertz CT molecular complexity index is 1060. The average Bonchev–Trinajstić information content (AvgIpc) is 3.18. The van der Waals surface area contributed by atoms with Gasteiger partial charge >= 0.3 is 0 Å². The highest BCUT2D eigenvalue weighted by Crippen LogP contribution is 2.32. The number of methoxy groups -OCH3 is 1. The summed E-state index contributed by atoms with van der Waals surface area (Å²) in [5.74, 6) is 1.40. The molecule has 0 bridgehead atoms. The fourth-order valence-corrected chi connectivity index (χ4v) is 4.51. The number of carbonyl (C=O) groups is 1. The third-order valence-electron chi connectivity index (χ3n) is 4.31. The first-order valence-electron chi connectivity index (χ1n) is 8.23. The lowest BCUT2D eigenvalue weighted by Crippen LogP contribution is -2.17. The molecular weight excluding hydrogens is 386 g/mol. The van der Waals surface area contributed by atoms with Crippen molar-refractivity contribution in [3.05, 3.63) is 70.4 Å². The van der Waals surface area contributed by atoms with Crippen molar-refractivity contribution in [3.63, 3.8) is 0 Å². The molecule has 27 heavy (non-hydrogen) atoms. The number of para-hydroxylation sites is 1. The molecule has 0 saturated carbocycles. The molecule has 2 heterocycles. The number of ether oxygens (including phenoxy) is 1. The highest BCUT2D eigenvalue weighted by molar-refractivity contribution is 7.83. The number of hydrogen-bond donors (Lipinski definition) is 1. The van der Waals surface area contributed by atoms with E-state index in [1.807, 2.05) is 12.1 Å². The van der Waals surface area contributed by atoms with Crippen LogP contribution >= 0.6 is 11.6 Å². The molecule has 4 rings (SSSR count). The van der Waals surface area contributed by atoms with Gasteiger partial charge in [-0.2, -0.15) is 5.10 Å². The minimum Gasteiger partial charge on any atom is -0.496 e. The number of aromatic nitrogens is 2. The normalized spacial score (nSPS) is 15.4. The summed E-state index contributed by atoms with van der Waals surface area (Å²) in [6.45, 7) is 0. The van der Waals surface area contributed by atoms with Crippen molar-refractivity contribution in [2.75, 3.05) is 12.4 Å². The molecule has 138 valence electrons. The van der Waals surface area contributed by atoms with Crippen molar-refractivity contribution in [2.45, 2.75) is 11.5 Å². The number of nitrogens with one attached hydrogen (secondary N) is 1. The lowest BCUT2D eigenvalue weighted by atomic mass is 10.2. The van der Waals surface area contributed by atoms with Crippen LogP contribution in [0.25, 0.3) is 5.69 Å². The Hall–Kier alpha value is -2.64. The van der Waals surface area contributed by atoms with Crippen LogP contribution in [0.4, 0.5) is 5.82 Å². The minimum absolute atomic E-state index is 0.323. The molecule has 0 fully saturated rings. The number of anilines is 1. The Labute approximate surface area is 163 Å². The van der Waals surface area contributed by atoms with E-state index >= 15 is 0 Å². The highest BCUT2D eigenvalue weighted by Gasteiger charge is 2.29. The monoisotopic (exact) mass is 401 g/mol. The van der Waals surface area contributed by atoms with E-state index in [0.29, 0.717) is 33.7 Å². The zero-order valence-corrected chi connectivity index (χ0v) is 16.0. The molecule has 2 aromatic carbocycles. The Kier molecular flexibility index (Phi) is 4.72. The van der Waals surface area contributed by atoms with Crippen LogP contribution < -0.4 is 10.1 Å². The van der Waals surface area contributed by atoms with Gasteiger partial charge in [0, 0.05) is 21.4 Å². The van der Waals surface area contributed by atoms with Crippen molar-refractivity contribution < 1.29 is 13.7 Å². The molecule has 1 aliphatic rings. The molecule has 0 unspecified atom stereocenters. The summed E-state index contributed by atoms with van der Waals surface area (Å²) in [6.07, 6.45) is 0. The summed E-state index contributed by atoms with van der Waals surface area (Å²) in [6, 6.07) is 14.2. The third kappa shape index (κ3) is 3.36. The Morgan fingerprint density at radius 2 is 2.04 bits per heavy atom. The molecule has 8 heteroatoms. The SMILES string of the molecule is COc1ccccc1C(=O)Nc1c2c(nn1-c1cccc(Cl)c1)C[S@@](=O)C2. The number of rotatable bonds is 4. The predicted octanol–water partition coefficient (Wildman–Crippen LogP) is 3.55. The predicted molar refractivity (Wildman–Crippen MR) is 105 cm³/mol. The molecule has 1 N–H and O–H groups in total. The van der Waals surface area contributed by atoms with Gasteiger partial charge in [-0.15, -0.1) is 0 Å². The van der Waals surface area contributed by atoms with Gasteiger partial charge in [-0.25, -0.2) is 4.68 Å². The van der Waals surface area contributed by atoms with E-state index in [1.54, 1.807) is 41.1 Å². The van der Waals surface area contributed by atoms with Gasteiger partial charge in [0.1, 0.15) is 11.6 Å². The number of halogens is 1. The van der Waals surface area contributed by atoms with Crippen LogP contribution in [0.5, 0.6) is 5.75 Å². The molecule has 0 spiro atoms. The standard InChI is InChI=1S/C19H16ClN3O3S/c1-26-17-8-3-2-7-14(17)19(24)21-18-15-10-27(25)11-16(15)22-23(18)13-6-4-5-12(20)9-13/h2-9H,10-11H2,1H3,(H,21,24)/t27-/m0/s1. The number of carbonyl (C=O) groups excluding carboxylic acids is 1. The highest BCUT2D eigenvalue weighted by atomic mass is 35.5. The Balaban J connectivity index is 1.77. The molecule has 6 nitrogen and oxygen atoms in total. The third-order valence-corrected chi connectivity index (χ3v) is 5.75. The maximum absolute atomic E-state index is 12.9. The van der Waals surface area contributed by atoms with Crippen LogP contribution in [0.1, 0.15) is 21.6 Å². The summed E-state index contributed by atoms with van der Waals surface area (Å²) in [5, 5.41) is 8.05. The lowest BCUT2D eigenvalue weighted by Gasteiger charge is -2.13. The maximum Gasteiger partial charge on any atom is 0.260 e. The van der Waals surface area contributed by atoms with Crippen molar-refractivity contribution >= 4 is 34.1 Å². The smallest absolute Gasteiger partial charge is 0.260 e. The van der Waals surface area contributed by atoms with Gasteiger partial charge in [-0.3, -0.25) is 9.00 Å². The summed E-state index contributed by atoms with van der Waals surface area (Å²) in [7, 11) is 0.506. The summed E-state index contributed by atoms with van der Waals surface area (Å²) in [5.41, 5.74) is 2.64. The van der Waals surface area contributed by atoms with E-state index in [2.05, 4.69) is 10.4 Å². The fourth-order valence-electron chi connectivity index (χ4n) is 3.06. The number of hydrogen-bond acceptors (Lipinski definition) is 4. The summed E-state index contributed by atoms with van der Waals surface area (Å²) in [4.78, 5) is 12.9. The molecule has 0 aliphatic carbocycles. The average molecular weight is 402 g/mol. The quantitative estimate of drug-likeness (QED) is 0.725. The number of amides is 1. The molecule has 1 aromatic heterocycles. The minimum atomic E-state index is -1.01. The van der Waals surface area contributed by atoms with Crippen molar-refractivity contribution in [1.82, 2.24) is 9.78 Å². The van der Waals surface area contributed by atoms with Crippen LogP contribution in [0.15, 0.2) is 48.5 Å². The topological polar surface area (TPSA) is 73.2 Å². The van der Waals surface area contributed by atoms with Gasteiger partial charge in [0.2, 0.25) is 0 Å². The van der Waals surface area contributed by atoms with Crippen molar-refractivity contribution in [1.29, 1.82) is 0 Å². The molecule has 0 saturated heterocycles. The Morgan fingerprint density at radius 3 is 2.81 bits per heavy atom. The van der Waals surface area contributed by atoms with Gasteiger partial charge in [0.15, 0.2) is 0 Å². The van der Waals surface area contributed by atoms with E-state index in [0.717, 1.165) is 16.9 Å². The fraction of sp³-hybridized carbons (Fsp3) is 0.158. The second-order valence-electron chi connectivity index (χ2n) is 6.05. The Morgan fingerprint density at radius 1 is 1.22 bits per heavy atom. The van der Waals surface area contributed by atoms with Gasteiger partial charge in [0.05, 0.1) is 35.6 Å². The maximum atomic E-state index is 12.9. The number of benzene rings is 2. The zero-order chi connectivity index (χ0) is 19.0. The van der Waals surface area contributed by atoms with E-state index in [4.69, 9.17) is 16.3 Å². The summed E-state index contributed by atoms with van der Waals surface area (Å²) < 4.78 is 18.9. The van der Waals surface area contributed by atoms with Crippen molar-refractivity contribution in [2.24, 2.45) is 0 Å². The molecule has 1 amide bonds. The van der Waals surface area contributed by atoms with E-state index in [-0.39, 0.29) is 5.91 Å². The molecule has 1 atom stereocenters. The van der Waals surface area contributed by atoms with Crippen molar-refractivity contribution in [3.8, 4) is 11.4 Å². The number of fused-ring (bicyclic) bond motifs is 1. The van der Waals surface area contributed by atoms with Crippen LogP contribution in [-0.4, -0.2) is 27.0 Å². The first-order valence-corrected chi connectivity index (χ1v) is 10.1. The van der Waals surface area contributed by atoms with E-state index in [9.17, 15) is 9.00 Å². The van der Waals surface area contributed by atoms with Gasteiger partial charge in [-0.1, -0.05) is 29.8 Å².